The molecule has 2 N–H and O–H groups in total. The highest BCUT2D eigenvalue weighted by Crippen LogP contribution is 2.27. The number of nitrogens with one attached hydrogen (secondary N) is 2. The molecule has 2 unspecified atom stereocenters. The summed E-state index contributed by atoms with van der Waals surface area (Å²) in [5.41, 5.74) is 0.677. The Morgan fingerprint density at radius 1 is 1.26 bits per heavy atom. The summed E-state index contributed by atoms with van der Waals surface area (Å²) in [5.74, 6) is -1.97. The van der Waals surface area contributed by atoms with E-state index in [0.29, 0.717) is 16.8 Å². The maximum absolute atomic E-state index is 13.5. The Morgan fingerprint density at radius 2 is 2.09 bits per heavy atom. The Hall–Kier alpha value is -1.73. The molecule has 1 aromatic heterocycles. The van der Waals surface area contributed by atoms with Gasteiger partial charge in [-0.05, 0) is 58.7 Å². The van der Waals surface area contributed by atoms with Gasteiger partial charge in [-0.1, -0.05) is 6.07 Å². The molecule has 0 radical (unpaired) electrons. The number of carbonyl (C=O) groups is 1. The van der Waals surface area contributed by atoms with E-state index >= 15 is 0 Å². The highest BCUT2D eigenvalue weighted by molar-refractivity contribution is 9.10. The summed E-state index contributed by atoms with van der Waals surface area (Å²) in [7, 11) is 0. The van der Waals surface area contributed by atoms with Gasteiger partial charge in [0.15, 0.2) is 22.1 Å². The largest absolute Gasteiger partial charge is 0.444 e. The van der Waals surface area contributed by atoms with Crippen LogP contribution in [0.15, 0.2) is 39.4 Å². The summed E-state index contributed by atoms with van der Waals surface area (Å²) in [6.07, 6.45) is 0.720. The lowest BCUT2D eigenvalue weighted by atomic mass is 9.86. The van der Waals surface area contributed by atoms with Crippen LogP contribution in [0, 0.1) is 11.6 Å². The van der Waals surface area contributed by atoms with Crippen LogP contribution in [0.25, 0.3) is 0 Å². The van der Waals surface area contributed by atoms with Crippen LogP contribution in [-0.4, -0.2) is 25.0 Å². The van der Waals surface area contributed by atoms with Gasteiger partial charge in [0.05, 0.1) is 0 Å². The van der Waals surface area contributed by atoms with E-state index in [9.17, 15) is 13.6 Å². The second-order valence-corrected chi connectivity index (χ2v) is 6.24. The van der Waals surface area contributed by atoms with Crippen LogP contribution in [0.5, 0.6) is 0 Å². The molecule has 3 rings (SSSR count). The van der Waals surface area contributed by atoms with Crippen LogP contribution in [-0.2, 0) is 0 Å². The van der Waals surface area contributed by atoms with Gasteiger partial charge in [0.25, 0.3) is 5.91 Å². The lowest BCUT2D eigenvalue weighted by Gasteiger charge is -2.33. The van der Waals surface area contributed by atoms with Crippen molar-refractivity contribution in [3.63, 3.8) is 0 Å². The average molecular weight is 385 g/mol. The van der Waals surface area contributed by atoms with E-state index in [1.165, 1.54) is 6.07 Å². The van der Waals surface area contributed by atoms with Crippen molar-refractivity contribution in [2.24, 2.45) is 0 Å². The second-order valence-electron chi connectivity index (χ2n) is 5.46. The molecule has 23 heavy (non-hydrogen) atoms. The van der Waals surface area contributed by atoms with Crippen LogP contribution < -0.4 is 10.6 Å². The number of benzene rings is 1. The number of amides is 1. The summed E-state index contributed by atoms with van der Waals surface area (Å²) in [5, 5.41) is 6.10. The summed E-state index contributed by atoms with van der Waals surface area (Å²) < 4.78 is 32.3. The Labute approximate surface area is 140 Å². The summed E-state index contributed by atoms with van der Waals surface area (Å²) in [6.45, 7) is 1.31. The minimum atomic E-state index is -0.874. The van der Waals surface area contributed by atoms with E-state index in [1.807, 2.05) is 0 Å². The van der Waals surface area contributed by atoms with Crippen molar-refractivity contribution in [1.29, 1.82) is 0 Å². The summed E-state index contributed by atoms with van der Waals surface area (Å²) in [4.78, 5) is 12.2. The summed E-state index contributed by atoms with van der Waals surface area (Å²) >= 11 is 3.15. The molecule has 2 heterocycles. The van der Waals surface area contributed by atoms with E-state index < -0.39 is 11.6 Å². The van der Waals surface area contributed by atoms with Crippen LogP contribution in [0.2, 0.25) is 0 Å². The number of furan rings is 1. The lowest BCUT2D eigenvalue weighted by Crippen LogP contribution is -2.50. The first-order valence-electron chi connectivity index (χ1n) is 7.26. The van der Waals surface area contributed by atoms with Crippen molar-refractivity contribution < 1.29 is 18.0 Å². The SMILES string of the molecule is O=C(NC1CNCCC1c1ccc(F)c(F)c1)c1ccc(Br)o1. The van der Waals surface area contributed by atoms with E-state index in [4.69, 9.17) is 4.42 Å². The third-order valence-electron chi connectivity index (χ3n) is 3.97. The molecule has 122 valence electrons. The highest BCUT2D eigenvalue weighted by Gasteiger charge is 2.29. The van der Waals surface area contributed by atoms with Gasteiger partial charge in [0.2, 0.25) is 0 Å². The van der Waals surface area contributed by atoms with E-state index in [2.05, 4.69) is 26.6 Å². The summed E-state index contributed by atoms with van der Waals surface area (Å²) in [6, 6.07) is 6.87. The van der Waals surface area contributed by atoms with Crippen molar-refractivity contribution in [2.75, 3.05) is 13.1 Å². The van der Waals surface area contributed by atoms with E-state index in [0.717, 1.165) is 19.0 Å². The number of hydrogen-bond acceptors (Lipinski definition) is 3. The number of piperidine rings is 1. The van der Waals surface area contributed by atoms with Gasteiger partial charge in [-0.3, -0.25) is 4.79 Å². The van der Waals surface area contributed by atoms with E-state index in [-0.39, 0.29) is 23.6 Å². The molecule has 4 nitrogen and oxygen atoms in total. The quantitative estimate of drug-likeness (QED) is 0.854. The Balaban J connectivity index is 1.78. The topological polar surface area (TPSA) is 54.3 Å². The predicted molar refractivity (Wildman–Crippen MR) is 84.2 cm³/mol. The first kappa shape index (κ1) is 16.1. The third-order valence-corrected chi connectivity index (χ3v) is 4.39. The molecular formula is C16H15BrF2N2O2. The number of hydrogen-bond donors (Lipinski definition) is 2. The first-order chi connectivity index (χ1) is 11.0. The van der Waals surface area contributed by atoms with Gasteiger partial charge in [0, 0.05) is 18.5 Å². The molecule has 2 atom stereocenters. The molecule has 2 aromatic rings. The molecule has 1 aliphatic rings. The van der Waals surface area contributed by atoms with Gasteiger partial charge in [-0.25, -0.2) is 8.78 Å². The Bertz CT molecular complexity index is 720. The Morgan fingerprint density at radius 3 is 2.78 bits per heavy atom. The Kier molecular flexibility index (Phi) is 4.77. The molecule has 0 spiro atoms. The normalized spacial score (nSPS) is 21.2. The lowest BCUT2D eigenvalue weighted by molar-refractivity contribution is 0.0895. The van der Waals surface area contributed by atoms with Gasteiger partial charge in [0.1, 0.15) is 0 Å². The molecule has 7 heteroatoms. The van der Waals surface area contributed by atoms with Crippen molar-refractivity contribution in [3.05, 3.63) is 58.0 Å². The highest BCUT2D eigenvalue weighted by atomic mass is 79.9. The van der Waals surface area contributed by atoms with Crippen LogP contribution in [0.3, 0.4) is 0 Å². The molecule has 1 saturated heterocycles. The zero-order valence-corrected chi connectivity index (χ0v) is 13.7. The maximum Gasteiger partial charge on any atom is 0.287 e. The molecule has 1 aliphatic heterocycles. The predicted octanol–water partition coefficient (Wildman–Crippen LogP) is 3.20. The maximum atomic E-state index is 13.5. The van der Waals surface area contributed by atoms with Gasteiger partial charge in [-0.2, -0.15) is 0 Å². The monoisotopic (exact) mass is 384 g/mol. The van der Waals surface area contributed by atoms with Crippen LogP contribution >= 0.6 is 15.9 Å². The fourth-order valence-corrected chi connectivity index (χ4v) is 3.13. The van der Waals surface area contributed by atoms with Crippen molar-refractivity contribution >= 4 is 21.8 Å². The van der Waals surface area contributed by atoms with Crippen molar-refractivity contribution in [3.8, 4) is 0 Å². The zero-order chi connectivity index (χ0) is 16.4. The molecule has 0 bridgehead atoms. The minimum absolute atomic E-state index is 0.0892. The molecule has 0 saturated carbocycles. The molecule has 1 fully saturated rings. The molecule has 1 amide bonds. The van der Waals surface area contributed by atoms with Gasteiger partial charge in [-0.15, -0.1) is 0 Å². The first-order valence-corrected chi connectivity index (χ1v) is 8.06. The van der Waals surface area contributed by atoms with Crippen molar-refractivity contribution in [1.82, 2.24) is 10.6 Å². The number of halogens is 3. The molecule has 1 aromatic carbocycles. The van der Waals surface area contributed by atoms with Gasteiger partial charge < -0.3 is 15.1 Å². The number of rotatable bonds is 3. The minimum Gasteiger partial charge on any atom is -0.444 e. The second kappa shape index (κ2) is 6.80. The van der Waals surface area contributed by atoms with Crippen LogP contribution in [0.4, 0.5) is 8.78 Å². The third kappa shape index (κ3) is 3.61. The fourth-order valence-electron chi connectivity index (χ4n) is 2.83. The number of carbonyl (C=O) groups excluding carboxylic acids is 1. The van der Waals surface area contributed by atoms with Crippen LogP contribution in [0.1, 0.15) is 28.5 Å². The standard InChI is InChI=1S/C16H15BrF2N2O2/c17-15-4-3-14(23-15)16(22)21-13-8-20-6-5-10(13)9-1-2-11(18)12(19)7-9/h1-4,7,10,13,20H,5-6,8H2,(H,21,22). The van der Waals surface area contributed by atoms with Gasteiger partial charge >= 0.3 is 0 Å². The molecule has 0 aliphatic carbocycles. The molecular weight excluding hydrogens is 370 g/mol. The van der Waals surface area contributed by atoms with E-state index in [1.54, 1.807) is 18.2 Å². The zero-order valence-electron chi connectivity index (χ0n) is 12.1. The van der Waals surface area contributed by atoms with Crippen molar-refractivity contribution in [2.45, 2.75) is 18.4 Å². The fraction of sp³-hybridized carbons (Fsp3) is 0.312. The smallest absolute Gasteiger partial charge is 0.287 e. The average Bonchev–Trinajstić information content (AvgIpc) is 2.97.